The van der Waals surface area contributed by atoms with Gasteiger partial charge in [-0.1, -0.05) is 0 Å². The summed E-state index contributed by atoms with van der Waals surface area (Å²) in [6, 6.07) is 4.09. The van der Waals surface area contributed by atoms with Gasteiger partial charge in [0.05, 0.1) is 12.8 Å². The highest BCUT2D eigenvalue weighted by Gasteiger charge is 2.43. The van der Waals surface area contributed by atoms with E-state index >= 15 is 0 Å². The summed E-state index contributed by atoms with van der Waals surface area (Å²) in [5.74, 6) is -7.17. The largest absolute Gasteiger partial charge is 0.490 e. The fourth-order valence-electron chi connectivity index (χ4n) is 4.09. The van der Waals surface area contributed by atoms with Crippen LogP contribution in [0.3, 0.4) is 0 Å². The second-order valence-corrected chi connectivity index (χ2v) is 9.42. The second kappa shape index (κ2) is 16.5. The molecule has 1 spiro atoms. The number of nitrogens with zero attached hydrogens (tertiary/aromatic N) is 3. The summed E-state index contributed by atoms with van der Waals surface area (Å²) in [6.07, 6.45) is -8.04. The maximum absolute atomic E-state index is 10.6. The molecule has 0 aliphatic carbocycles. The average Bonchev–Trinajstić information content (AvgIpc) is 3.47. The molecular weight excluding hydrogens is 601 g/mol. The summed E-state index contributed by atoms with van der Waals surface area (Å²) in [7, 11) is 4.35. The van der Waals surface area contributed by atoms with Gasteiger partial charge in [-0.15, -0.1) is 0 Å². The minimum Gasteiger partial charge on any atom is -0.475 e. The summed E-state index contributed by atoms with van der Waals surface area (Å²) >= 11 is 0. The van der Waals surface area contributed by atoms with Gasteiger partial charge < -0.3 is 24.6 Å². The lowest BCUT2D eigenvalue weighted by atomic mass is 9.86. The van der Waals surface area contributed by atoms with Crippen molar-refractivity contribution in [1.82, 2.24) is 14.7 Å². The summed E-state index contributed by atoms with van der Waals surface area (Å²) in [5, 5.41) is 21.4. The van der Waals surface area contributed by atoms with Crippen LogP contribution in [-0.2, 0) is 20.9 Å². The Morgan fingerprint density at radius 3 is 1.64 bits per heavy atom. The van der Waals surface area contributed by atoms with Crippen molar-refractivity contribution >= 4 is 17.9 Å². The van der Waals surface area contributed by atoms with Gasteiger partial charge in [0, 0.05) is 25.2 Å². The Morgan fingerprint density at radius 2 is 1.29 bits per heavy atom. The van der Waals surface area contributed by atoms with E-state index in [1.165, 1.54) is 58.4 Å². The highest BCUT2D eigenvalue weighted by atomic mass is 19.4. The number of furan rings is 1. The van der Waals surface area contributed by atoms with E-state index in [-0.39, 0.29) is 0 Å². The normalized spacial score (nSPS) is 19.6. The third-order valence-electron chi connectivity index (χ3n) is 5.88. The Balaban J connectivity index is 0.000000660. The van der Waals surface area contributed by atoms with Crippen LogP contribution in [0.1, 0.15) is 31.4 Å². The monoisotopic (exact) mass is 633 g/mol. The number of piperidine rings is 1. The van der Waals surface area contributed by atoms with E-state index in [1.54, 1.807) is 6.26 Å². The topological polar surface area (TPSA) is 135 Å². The molecule has 1 aromatic rings. The predicted molar refractivity (Wildman–Crippen MR) is 126 cm³/mol. The molecule has 10 nitrogen and oxygen atoms in total. The molecule has 3 N–H and O–H groups in total. The van der Waals surface area contributed by atoms with Gasteiger partial charge in [0.25, 0.3) is 0 Å². The molecule has 2 aliphatic rings. The molecule has 1 unspecified atom stereocenters. The summed E-state index contributed by atoms with van der Waals surface area (Å²) in [4.78, 5) is 34.3. The number of carboxylic acid groups (broad SMARTS) is 3. The summed E-state index contributed by atoms with van der Waals surface area (Å²) < 4.78 is 101. The van der Waals surface area contributed by atoms with Gasteiger partial charge in [0.15, 0.2) is 0 Å². The van der Waals surface area contributed by atoms with Crippen LogP contribution in [0.25, 0.3) is 0 Å². The number of halogens is 9. The number of hydrogen-bond donors (Lipinski definition) is 3. The molecule has 244 valence electrons. The molecule has 2 saturated heterocycles. The smallest absolute Gasteiger partial charge is 0.475 e. The van der Waals surface area contributed by atoms with Gasteiger partial charge >= 0.3 is 36.4 Å². The average molecular weight is 634 g/mol. The zero-order chi connectivity index (χ0) is 32.9. The van der Waals surface area contributed by atoms with Crippen molar-refractivity contribution in [1.29, 1.82) is 0 Å². The first-order valence-corrected chi connectivity index (χ1v) is 12.1. The van der Waals surface area contributed by atoms with Gasteiger partial charge in [0.2, 0.25) is 0 Å². The Labute approximate surface area is 234 Å². The highest BCUT2D eigenvalue weighted by Crippen LogP contribution is 2.37. The molecule has 0 amide bonds. The fraction of sp³-hybridized carbons (Fsp3) is 0.696. The standard InChI is InChI=1S/C17H29N3O.3C2HF3O2/c1-18(2)11-12-20-10-5-8-17(20)7-4-9-19(15-17)14-16-6-3-13-21-16;3*3-2(4,5)1(6)7/h3,6,13H,4-5,7-12,14-15H2,1-2H3;3*(H,6,7). The van der Waals surface area contributed by atoms with Crippen molar-refractivity contribution in [2.45, 2.75) is 56.3 Å². The van der Waals surface area contributed by atoms with Gasteiger partial charge in [-0.2, -0.15) is 39.5 Å². The number of likely N-dealkylation sites (N-methyl/N-ethyl adjacent to an activating group) is 1. The molecule has 1 atom stereocenters. The van der Waals surface area contributed by atoms with Gasteiger partial charge in [-0.25, -0.2) is 14.4 Å². The Kier molecular flexibility index (Phi) is 15.3. The van der Waals surface area contributed by atoms with Crippen LogP contribution in [0.4, 0.5) is 39.5 Å². The molecule has 19 heteroatoms. The summed E-state index contributed by atoms with van der Waals surface area (Å²) in [6.45, 7) is 7.05. The van der Waals surface area contributed by atoms with E-state index in [4.69, 9.17) is 34.1 Å². The molecule has 42 heavy (non-hydrogen) atoms. The first kappa shape index (κ1) is 38.9. The zero-order valence-corrected chi connectivity index (χ0v) is 22.5. The molecule has 0 aromatic carbocycles. The molecule has 2 aliphatic heterocycles. The number of likely N-dealkylation sites (tertiary alicyclic amines) is 2. The van der Waals surface area contributed by atoms with E-state index in [1.807, 2.05) is 6.07 Å². The molecule has 0 radical (unpaired) electrons. The number of hydrogen-bond acceptors (Lipinski definition) is 7. The molecule has 2 fully saturated rings. The van der Waals surface area contributed by atoms with Crippen LogP contribution >= 0.6 is 0 Å². The predicted octanol–water partition coefficient (Wildman–Crippen LogP) is 4.17. The van der Waals surface area contributed by atoms with Gasteiger partial charge in [0.1, 0.15) is 5.76 Å². The Hall–Kier alpha value is -3.06. The van der Waals surface area contributed by atoms with E-state index in [2.05, 4.69) is 34.9 Å². The lowest BCUT2D eigenvalue weighted by Gasteiger charge is -2.46. The van der Waals surface area contributed by atoms with Crippen LogP contribution in [0.2, 0.25) is 0 Å². The van der Waals surface area contributed by atoms with Crippen molar-refractivity contribution in [2.24, 2.45) is 0 Å². The van der Waals surface area contributed by atoms with Crippen molar-refractivity contribution in [2.75, 3.05) is 46.8 Å². The molecule has 0 saturated carbocycles. The van der Waals surface area contributed by atoms with Crippen LogP contribution in [0.5, 0.6) is 0 Å². The van der Waals surface area contributed by atoms with Crippen LogP contribution in [-0.4, -0.2) is 119 Å². The molecular formula is C23H32F9N3O7. The lowest BCUT2D eigenvalue weighted by Crippen LogP contribution is -2.56. The van der Waals surface area contributed by atoms with E-state index < -0.39 is 36.4 Å². The highest BCUT2D eigenvalue weighted by molar-refractivity contribution is 5.73. The maximum Gasteiger partial charge on any atom is 0.490 e. The first-order chi connectivity index (χ1) is 19.0. The second-order valence-electron chi connectivity index (χ2n) is 9.42. The van der Waals surface area contributed by atoms with E-state index in [0.29, 0.717) is 5.54 Å². The molecule has 3 heterocycles. The minimum atomic E-state index is -5.08. The lowest BCUT2D eigenvalue weighted by molar-refractivity contribution is -0.193. The van der Waals surface area contributed by atoms with Crippen molar-refractivity contribution in [3.8, 4) is 0 Å². The quantitative estimate of drug-likeness (QED) is 0.406. The minimum absolute atomic E-state index is 0.431. The number of aliphatic carboxylic acids is 3. The molecule has 3 rings (SSSR count). The fourth-order valence-corrected chi connectivity index (χ4v) is 4.09. The van der Waals surface area contributed by atoms with Gasteiger partial charge in [-0.05, 0) is 65.0 Å². The van der Waals surface area contributed by atoms with Crippen LogP contribution in [0.15, 0.2) is 22.8 Å². The van der Waals surface area contributed by atoms with Crippen molar-refractivity contribution < 1.29 is 73.6 Å². The number of alkyl halides is 9. The molecule has 0 bridgehead atoms. The van der Waals surface area contributed by atoms with Crippen molar-refractivity contribution in [3.63, 3.8) is 0 Å². The van der Waals surface area contributed by atoms with E-state index in [9.17, 15) is 39.5 Å². The van der Waals surface area contributed by atoms with Crippen LogP contribution < -0.4 is 0 Å². The third kappa shape index (κ3) is 15.2. The SMILES string of the molecule is CN(C)CCN1CCCC12CCCN(Cc1ccco1)C2.O=C(O)C(F)(F)F.O=C(O)C(F)(F)F.O=C(O)C(F)(F)F. The number of rotatable bonds is 5. The third-order valence-corrected chi connectivity index (χ3v) is 5.88. The maximum atomic E-state index is 10.6. The van der Waals surface area contributed by atoms with E-state index in [0.717, 1.165) is 12.3 Å². The van der Waals surface area contributed by atoms with Gasteiger partial charge in [-0.3, -0.25) is 9.80 Å². The summed E-state index contributed by atoms with van der Waals surface area (Å²) in [5.41, 5.74) is 0.431. The Bertz CT molecular complexity index is 911. The zero-order valence-electron chi connectivity index (χ0n) is 22.5. The number of carbonyl (C=O) groups is 3. The Morgan fingerprint density at radius 1 is 0.857 bits per heavy atom. The van der Waals surface area contributed by atoms with Crippen molar-refractivity contribution in [3.05, 3.63) is 24.2 Å². The first-order valence-electron chi connectivity index (χ1n) is 12.1. The number of carboxylic acids is 3. The van der Waals surface area contributed by atoms with Crippen LogP contribution in [0, 0.1) is 0 Å². The molecule has 1 aromatic heterocycles.